The van der Waals surface area contributed by atoms with Crippen molar-refractivity contribution in [3.63, 3.8) is 0 Å². The predicted octanol–water partition coefficient (Wildman–Crippen LogP) is 2.66. The molecule has 0 heterocycles. The lowest BCUT2D eigenvalue weighted by Crippen LogP contribution is -2.05. The summed E-state index contributed by atoms with van der Waals surface area (Å²) in [6, 6.07) is 3.89. The largest absolute Gasteiger partial charge is 0.496 e. The zero-order valence-corrected chi connectivity index (χ0v) is 11.7. The van der Waals surface area contributed by atoms with Gasteiger partial charge >= 0.3 is 0 Å². The van der Waals surface area contributed by atoms with Crippen LogP contribution in [0.2, 0.25) is 0 Å². The average Bonchev–Trinajstić information content (AvgIpc) is 2.40. The topological polar surface area (TPSA) is 44.5 Å². The van der Waals surface area contributed by atoms with Crippen LogP contribution in [-0.4, -0.2) is 33.2 Å². The van der Waals surface area contributed by atoms with E-state index in [0.717, 1.165) is 34.1 Å². The molecule has 1 aromatic rings. The maximum Gasteiger partial charge on any atom is 0.132 e. The SMILES string of the molecule is COc1cc(SCCCF)c(OC)cc1CCN. The van der Waals surface area contributed by atoms with Crippen LogP contribution in [0.25, 0.3) is 0 Å². The van der Waals surface area contributed by atoms with Gasteiger partial charge in [-0.15, -0.1) is 11.8 Å². The summed E-state index contributed by atoms with van der Waals surface area (Å²) < 4.78 is 22.8. The molecule has 2 N–H and O–H groups in total. The fourth-order valence-electron chi connectivity index (χ4n) is 1.63. The van der Waals surface area contributed by atoms with Gasteiger partial charge in [0, 0.05) is 5.75 Å². The van der Waals surface area contributed by atoms with Crippen molar-refractivity contribution in [3.8, 4) is 11.5 Å². The Morgan fingerprint density at radius 3 is 2.50 bits per heavy atom. The van der Waals surface area contributed by atoms with Crippen molar-refractivity contribution in [1.82, 2.24) is 0 Å². The maximum atomic E-state index is 12.1. The first-order chi connectivity index (χ1) is 8.76. The van der Waals surface area contributed by atoms with E-state index < -0.39 is 0 Å². The van der Waals surface area contributed by atoms with E-state index >= 15 is 0 Å². The number of hydrogen-bond acceptors (Lipinski definition) is 4. The summed E-state index contributed by atoms with van der Waals surface area (Å²) in [6.07, 6.45) is 1.29. The molecule has 3 nitrogen and oxygen atoms in total. The van der Waals surface area contributed by atoms with Gasteiger partial charge in [-0.3, -0.25) is 4.39 Å². The van der Waals surface area contributed by atoms with Gasteiger partial charge in [0.15, 0.2) is 0 Å². The summed E-state index contributed by atoms with van der Waals surface area (Å²) in [5, 5.41) is 0. The van der Waals surface area contributed by atoms with Crippen molar-refractivity contribution < 1.29 is 13.9 Å². The number of rotatable bonds is 8. The lowest BCUT2D eigenvalue weighted by atomic mass is 10.1. The Labute approximate surface area is 112 Å². The minimum absolute atomic E-state index is 0.294. The third-order valence-corrected chi connectivity index (χ3v) is 3.64. The van der Waals surface area contributed by atoms with Gasteiger partial charge in [0.2, 0.25) is 0 Å². The number of halogens is 1. The molecule has 0 radical (unpaired) electrons. The molecular formula is C13H20FNO2S. The summed E-state index contributed by atoms with van der Waals surface area (Å²) >= 11 is 1.58. The zero-order chi connectivity index (χ0) is 13.4. The van der Waals surface area contributed by atoms with Crippen molar-refractivity contribution in [1.29, 1.82) is 0 Å². The Morgan fingerprint density at radius 1 is 1.22 bits per heavy atom. The Bertz CT molecular complexity index is 374. The molecule has 0 unspecified atom stereocenters. The van der Waals surface area contributed by atoms with Crippen molar-refractivity contribution in [2.24, 2.45) is 5.73 Å². The maximum absolute atomic E-state index is 12.1. The monoisotopic (exact) mass is 273 g/mol. The molecular weight excluding hydrogens is 253 g/mol. The smallest absolute Gasteiger partial charge is 0.132 e. The first-order valence-electron chi connectivity index (χ1n) is 5.90. The number of alkyl halides is 1. The van der Waals surface area contributed by atoms with Crippen molar-refractivity contribution in [2.75, 3.05) is 33.2 Å². The van der Waals surface area contributed by atoms with Crippen LogP contribution in [0.5, 0.6) is 11.5 Å². The number of nitrogens with two attached hydrogens (primary N) is 1. The van der Waals surface area contributed by atoms with Gasteiger partial charge in [-0.1, -0.05) is 0 Å². The Hall–Kier alpha value is -0.940. The molecule has 18 heavy (non-hydrogen) atoms. The number of ether oxygens (including phenoxy) is 2. The molecule has 0 saturated carbocycles. The first kappa shape index (κ1) is 15.1. The molecule has 0 spiro atoms. The predicted molar refractivity (Wildman–Crippen MR) is 73.6 cm³/mol. The van der Waals surface area contributed by atoms with E-state index in [1.54, 1.807) is 26.0 Å². The second kappa shape index (κ2) is 8.21. The summed E-state index contributed by atoms with van der Waals surface area (Å²) in [5.74, 6) is 2.33. The quantitative estimate of drug-likeness (QED) is 0.584. The van der Waals surface area contributed by atoms with Crippen LogP contribution in [0.4, 0.5) is 4.39 Å². The van der Waals surface area contributed by atoms with Crippen LogP contribution in [0.3, 0.4) is 0 Å². The molecule has 0 saturated heterocycles. The minimum atomic E-state index is -0.294. The second-order valence-electron chi connectivity index (χ2n) is 3.74. The first-order valence-corrected chi connectivity index (χ1v) is 6.89. The average molecular weight is 273 g/mol. The number of hydrogen-bond donors (Lipinski definition) is 1. The lowest BCUT2D eigenvalue weighted by molar-refractivity contribution is 0.390. The molecule has 1 rings (SSSR count). The highest BCUT2D eigenvalue weighted by molar-refractivity contribution is 7.99. The lowest BCUT2D eigenvalue weighted by Gasteiger charge is -2.14. The molecule has 0 atom stereocenters. The van der Waals surface area contributed by atoms with E-state index in [1.165, 1.54) is 0 Å². The van der Waals surface area contributed by atoms with Gasteiger partial charge in [-0.05, 0) is 37.1 Å². The van der Waals surface area contributed by atoms with E-state index in [4.69, 9.17) is 15.2 Å². The van der Waals surface area contributed by atoms with Crippen LogP contribution in [0, 0.1) is 0 Å². The van der Waals surface area contributed by atoms with Gasteiger partial charge in [0.25, 0.3) is 0 Å². The van der Waals surface area contributed by atoms with Crippen LogP contribution < -0.4 is 15.2 Å². The molecule has 0 aliphatic heterocycles. The summed E-state index contributed by atoms with van der Waals surface area (Å²) in [5.41, 5.74) is 6.60. The van der Waals surface area contributed by atoms with Crippen LogP contribution in [-0.2, 0) is 6.42 Å². The Balaban J connectivity index is 2.94. The highest BCUT2D eigenvalue weighted by Crippen LogP contribution is 2.36. The molecule has 0 aliphatic carbocycles. The van der Waals surface area contributed by atoms with E-state index in [1.807, 2.05) is 12.1 Å². The van der Waals surface area contributed by atoms with Crippen molar-refractivity contribution in [3.05, 3.63) is 17.7 Å². The van der Waals surface area contributed by atoms with Gasteiger partial charge in [0.1, 0.15) is 11.5 Å². The fraction of sp³-hybridized carbons (Fsp3) is 0.538. The summed E-state index contributed by atoms with van der Waals surface area (Å²) in [7, 11) is 3.27. The number of benzene rings is 1. The van der Waals surface area contributed by atoms with Crippen molar-refractivity contribution in [2.45, 2.75) is 17.7 Å². The fourth-order valence-corrected chi connectivity index (χ4v) is 2.58. The molecule has 1 aromatic carbocycles. The van der Waals surface area contributed by atoms with E-state index in [9.17, 15) is 4.39 Å². The Morgan fingerprint density at radius 2 is 1.94 bits per heavy atom. The third kappa shape index (κ3) is 4.07. The number of thioether (sulfide) groups is 1. The van der Waals surface area contributed by atoms with Crippen molar-refractivity contribution >= 4 is 11.8 Å². The highest BCUT2D eigenvalue weighted by atomic mass is 32.2. The summed E-state index contributed by atoms with van der Waals surface area (Å²) in [4.78, 5) is 0.976. The van der Waals surface area contributed by atoms with E-state index in [2.05, 4.69) is 0 Å². The molecule has 5 heteroatoms. The normalized spacial score (nSPS) is 10.4. The van der Waals surface area contributed by atoms with Crippen LogP contribution >= 0.6 is 11.8 Å². The zero-order valence-electron chi connectivity index (χ0n) is 10.9. The molecule has 0 fully saturated rings. The molecule has 0 bridgehead atoms. The van der Waals surface area contributed by atoms with Crippen LogP contribution in [0.15, 0.2) is 17.0 Å². The third-order valence-electron chi connectivity index (χ3n) is 2.52. The van der Waals surface area contributed by atoms with Gasteiger partial charge in [0.05, 0.1) is 25.8 Å². The van der Waals surface area contributed by atoms with Gasteiger partial charge in [-0.2, -0.15) is 0 Å². The highest BCUT2D eigenvalue weighted by Gasteiger charge is 2.11. The molecule has 0 aliphatic rings. The molecule has 102 valence electrons. The van der Waals surface area contributed by atoms with Crippen LogP contribution in [0.1, 0.15) is 12.0 Å². The van der Waals surface area contributed by atoms with E-state index in [-0.39, 0.29) is 6.67 Å². The standard InChI is InChI=1S/C13H20FNO2S/c1-16-11-9-13(18-7-3-5-14)12(17-2)8-10(11)4-6-15/h8-9H,3-7,15H2,1-2H3. The minimum Gasteiger partial charge on any atom is -0.496 e. The van der Waals surface area contributed by atoms with E-state index in [0.29, 0.717) is 13.0 Å². The molecule has 0 aromatic heterocycles. The summed E-state index contributed by atoms with van der Waals surface area (Å²) in [6.45, 7) is 0.269. The van der Waals surface area contributed by atoms with Gasteiger partial charge in [-0.25, -0.2) is 0 Å². The van der Waals surface area contributed by atoms with Gasteiger partial charge < -0.3 is 15.2 Å². The second-order valence-corrected chi connectivity index (χ2v) is 4.88. The Kier molecular flexibility index (Phi) is 6.90. The number of methoxy groups -OCH3 is 2. The molecule has 0 amide bonds.